The largest absolute Gasteiger partial charge is 0.325 e. The predicted octanol–water partition coefficient (Wildman–Crippen LogP) is 1.47. The van der Waals surface area contributed by atoms with Crippen LogP contribution in [0.3, 0.4) is 0 Å². The van der Waals surface area contributed by atoms with Crippen LogP contribution in [0, 0.1) is 5.92 Å². The van der Waals surface area contributed by atoms with Crippen LogP contribution >= 0.6 is 0 Å². The highest BCUT2D eigenvalue weighted by Gasteiger charge is 2.55. The van der Waals surface area contributed by atoms with Crippen molar-refractivity contribution in [3.63, 3.8) is 0 Å². The fourth-order valence-electron chi connectivity index (χ4n) is 3.60. The first kappa shape index (κ1) is 15.9. The molecule has 1 aromatic rings. The number of amides is 3. The molecule has 3 rings (SSSR count). The number of aryl methyl sites for hydroxylation is 1. The van der Waals surface area contributed by atoms with Crippen LogP contribution in [0.1, 0.15) is 58.2 Å². The molecule has 1 saturated heterocycles. The van der Waals surface area contributed by atoms with Crippen LogP contribution in [0.5, 0.6) is 0 Å². The molecule has 8 nitrogen and oxygen atoms in total. The van der Waals surface area contributed by atoms with Gasteiger partial charge in [0.15, 0.2) is 5.82 Å². The lowest BCUT2D eigenvalue weighted by Crippen LogP contribution is -2.53. The van der Waals surface area contributed by atoms with E-state index >= 15 is 0 Å². The second kappa shape index (κ2) is 6.25. The van der Waals surface area contributed by atoms with Gasteiger partial charge in [-0.05, 0) is 35.6 Å². The minimum atomic E-state index is -0.725. The number of unbranched alkanes of at least 4 members (excludes halogenated alkanes) is 1. The average Bonchev–Trinajstić information content (AvgIpc) is 3.07. The number of nitrogens with zero attached hydrogens (tertiary/aromatic N) is 5. The third-order valence-corrected chi connectivity index (χ3v) is 5.13. The molecular weight excluding hydrogens is 296 g/mol. The van der Waals surface area contributed by atoms with Crippen LogP contribution in [0.15, 0.2) is 0 Å². The van der Waals surface area contributed by atoms with E-state index in [-0.39, 0.29) is 24.4 Å². The Labute approximate surface area is 135 Å². The monoisotopic (exact) mass is 320 g/mol. The Morgan fingerprint density at radius 2 is 2.17 bits per heavy atom. The lowest BCUT2D eigenvalue weighted by Gasteiger charge is -2.36. The van der Waals surface area contributed by atoms with Crippen molar-refractivity contribution in [1.82, 2.24) is 30.4 Å². The maximum Gasteiger partial charge on any atom is 0.325 e. The molecule has 1 aliphatic carbocycles. The molecule has 2 aliphatic rings. The van der Waals surface area contributed by atoms with E-state index in [2.05, 4.69) is 27.8 Å². The summed E-state index contributed by atoms with van der Waals surface area (Å²) in [6.07, 6.45) is 5.76. The van der Waals surface area contributed by atoms with Gasteiger partial charge in [-0.15, -0.1) is 5.10 Å². The standard InChI is InChI=1S/C15H24N6O2/c1-3-4-9-21-12(17-18-19-21)10-20-13(22)15(16-14(20)23)8-6-5-7-11(15)2/h11H,3-10H2,1-2H3,(H,16,23)/t11-,15+/m1/s1. The van der Waals surface area contributed by atoms with Crippen molar-refractivity contribution in [3.05, 3.63) is 5.82 Å². The minimum absolute atomic E-state index is 0.125. The van der Waals surface area contributed by atoms with Gasteiger partial charge in [0.1, 0.15) is 5.54 Å². The first-order valence-electron chi connectivity index (χ1n) is 8.47. The molecule has 2 heterocycles. The zero-order chi connectivity index (χ0) is 16.4. The van der Waals surface area contributed by atoms with E-state index in [4.69, 9.17) is 0 Å². The van der Waals surface area contributed by atoms with E-state index < -0.39 is 5.54 Å². The molecule has 23 heavy (non-hydrogen) atoms. The summed E-state index contributed by atoms with van der Waals surface area (Å²) < 4.78 is 1.68. The lowest BCUT2D eigenvalue weighted by atomic mass is 9.73. The number of hydrogen-bond donors (Lipinski definition) is 1. The Morgan fingerprint density at radius 3 is 2.91 bits per heavy atom. The molecule has 3 amide bonds. The van der Waals surface area contributed by atoms with Gasteiger partial charge in [0, 0.05) is 6.54 Å². The van der Waals surface area contributed by atoms with Crippen molar-refractivity contribution >= 4 is 11.9 Å². The second-order valence-electron chi connectivity index (χ2n) is 6.61. The molecule has 1 N–H and O–H groups in total. The number of carbonyl (C=O) groups is 2. The highest BCUT2D eigenvalue weighted by molar-refractivity contribution is 6.07. The molecule has 0 unspecified atom stereocenters. The Balaban J connectivity index is 1.77. The second-order valence-corrected chi connectivity index (χ2v) is 6.61. The lowest BCUT2D eigenvalue weighted by molar-refractivity contribution is -0.134. The number of rotatable bonds is 5. The van der Waals surface area contributed by atoms with Gasteiger partial charge in [-0.3, -0.25) is 9.69 Å². The third-order valence-electron chi connectivity index (χ3n) is 5.13. The third kappa shape index (κ3) is 2.70. The normalized spacial score (nSPS) is 27.7. The maximum atomic E-state index is 12.9. The summed E-state index contributed by atoms with van der Waals surface area (Å²) in [5.74, 6) is 0.594. The first-order valence-corrected chi connectivity index (χ1v) is 8.47. The fraction of sp³-hybridized carbons (Fsp3) is 0.800. The van der Waals surface area contributed by atoms with Crippen LogP contribution in [0.4, 0.5) is 4.79 Å². The smallest absolute Gasteiger partial charge is 0.323 e. The first-order chi connectivity index (χ1) is 11.1. The number of tetrazole rings is 1. The molecule has 126 valence electrons. The maximum absolute atomic E-state index is 12.9. The summed E-state index contributed by atoms with van der Waals surface area (Å²) in [6.45, 7) is 4.97. The summed E-state index contributed by atoms with van der Waals surface area (Å²) >= 11 is 0. The Hall–Kier alpha value is -1.99. The van der Waals surface area contributed by atoms with E-state index in [0.29, 0.717) is 12.4 Å². The highest BCUT2D eigenvalue weighted by atomic mass is 16.2. The van der Waals surface area contributed by atoms with Crippen molar-refractivity contribution in [3.8, 4) is 0 Å². The van der Waals surface area contributed by atoms with E-state index in [1.807, 2.05) is 6.92 Å². The zero-order valence-corrected chi connectivity index (χ0v) is 13.8. The summed E-state index contributed by atoms with van der Waals surface area (Å²) in [6, 6.07) is -0.325. The van der Waals surface area contributed by atoms with Crippen LogP contribution in [0.2, 0.25) is 0 Å². The molecule has 0 bridgehead atoms. The molecule has 1 aromatic heterocycles. The average molecular weight is 320 g/mol. The van der Waals surface area contributed by atoms with Crippen molar-refractivity contribution in [2.45, 2.75) is 71.0 Å². The van der Waals surface area contributed by atoms with Gasteiger partial charge in [0.2, 0.25) is 0 Å². The summed E-state index contributed by atoms with van der Waals surface area (Å²) in [4.78, 5) is 26.6. The van der Waals surface area contributed by atoms with Crippen molar-refractivity contribution in [2.75, 3.05) is 0 Å². The summed E-state index contributed by atoms with van der Waals surface area (Å²) in [7, 11) is 0. The quantitative estimate of drug-likeness (QED) is 0.829. The zero-order valence-electron chi connectivity index (χ0n) is 13.8. The molecule has 8 heteroatoms. The topological polar surface area (TPSA) is 93.0 Å². The van der Waals surface area contributed by atoms with Gasteiger partial charge < -0.3 is 5.32 Å². The predicted molar refractivity (Wildman–Crippen MR) is 82.2 cm³/mol. The van der Waals surface area contributed by atoms with Gasteiger partial charge in [-0.1, -0.05) is 33.1 Å². The number of aromatic nitrogens is 4. The Kier molecular flexibility index (Phi) is 4.32. The number of urea groups is 1. The number of hydrogen-bond acceptors (Lipinski definition) is 5. The van der Waals surface area contributed by atoms with E-state index in [1.54, 1.807) is 4.68 Å². The van der Waals surface area contributed by atoms with Gasteiger partial charge in [-0.2, -0.15) is 0 Å². The minimum Gasteiger partial charge on any atom is -0.323 e. The Bertz CT molecular complexity index is 601. The van der Waals surface area contributed by atoms with Gasteiger partial charge in [0.25, 0.3) is 5.91 Å². The van der Waals surface area contributed by atoms with Crippen LogP contribution < -0.4 is 5.32 Å². The SMILES string of the molecule is CCCCn1nnnc1CN1C(=O)N[C@]2(CCCC[C@H]2C)C1=O. The molecule has 0 radical (unpaired) electrons. The number of carbonyl (C=O) groups excluding carboxylic acids is 2. The molecule has 1 saturated carbocycles. The van der Waals surface area contributed by atoms with Crippen molar-refractivity contribution in [2.24, 2.45) is 5.92 Å². The van der Waals surface area contributed by atoms with Crippen molar-refractivity contribution in [1.29, 1.82) is 0 Å². The van der Waals surface area contributed by atoms with Crippen LogP contribution in [-0.4, -0.2) is 42.6 Å². The van der Waals surface area contributed by atoms with Gasteiger partial charge in [0.05, 0.1) is 6.54 Å². The Morgan fingerprint density at radius 1 is 1.35 bits per heavy atom. The highest BCUT2D eigenvalue weighted by Crippen LogP contribution is 2.38. The van der Waals surface area contributed by atoms with Crippen molar-refractivity contribution < 1.29 is 9.59 Å². The molecule has 2 atom stereocenters. The van der Waals surface area contributed by atoms with Gasteiger partial charge >= 0.3 is 6.03 Å². The molecule has 2 fully saturated rings. The fourth-order valence-corrected chi connectivity index (χ4v) is 3.60. The van der Waals surface area contributed by atoms with Crippen LogP contribution in [-0.2, 0) is 17.9 Å². The molecule has 0 aromatic carbocycles. The number of imide groups is 1. The van der Waals surface area contributed by atoms with Gasteiger partial charge in [-0.25, -0.2) is 9.48 Å². The summed E-state index contributed by atoms with van der Waals surface area (Å²) in [5, 5.41) is 14.6. The van der Waals surface area contributed by atoms with E-state index in [1.165, 1.54) is 4.90 Å². The number of nitrogens with one attached hydrogen (secondary N) is 1. The van der Waals surface area contributed by atoms with E-state index in [9.17, 15) is 9.59 Å². The molecule has 1 aliphatic heterocycles. The van der Waals surface area contributed by atoms with E-state index in [0.717, 1.165) is 38.5 Å². The molecule has 1 spiro atoms. The van der Waals surface area contributed by atoms with Crippen LogP contribution in [0.25, 0.3) is 0 Å². The molecular formula is C15H24N6O2. The summed E-state index contributed by atoms with van der Waals surface area (Å²) in [5.41, 5.74) is -0.725.